The van der Waals surface area contributed by atoms with Crippen LogP contribution in [0.1, 0.15) is 31.6 Å². The largest absolute Gasteiger partial charge is 0.492 e. The van der Waals surface area contributed by atoms with Crippen molar-refractivity contribution in [3.05, 3.63) is 24.0 Å². The second-order valence-electron chi connectivity index (χ2n) is 5.38. The lowest BCUT2D eigenvalue weighted by Crippen LogP contribution is -2.33. The third-order valence-electron chi connectivity index (χ3n) is 4.14. The first-order chi connectivity index (χ1) is 10.3. The number of benzene rings is 1. The van der Waals surface area contributed by atoms with Crippen LogP contribution in [0.4, 0.5) is 0 Å². The van der Waals surface area contributed by atoms with E-state index in [-0.39, 0.29) is 0 Å². The van der Waals surface area contributed by atoms with Crippen molar-refractivity contribution >= 4 is 22.6 Å². The molecule has 1 fully saturated rings. The molecule has 2 aromatic rings. The van der Waals surface area contributed by atoms with Gasteiger partial charge in [-0.1, -0.05) is 6.07 Å². The van der Waals surface area contributed by atoms with Crippen molar-refractivity contribution in [3.63, 3.8) is 0 Å². The fraction of sp³-hybridized carbons (Fsp3) is 0.562. The van der Waals surface area contributed by atoms with Crippen molar-refractivity contribution in [1.82, 2.24) is 9.55 Å². The van der Waals surface area contributed by atoms with Crippen LogP contribution < -0.4 is 4.74 Å². The molecule has 0 bridgehead atoms. The summed E-state index contributed by atoms with van der Waals surface area (Å²) in [7, 11) is 1.78. The lowest BCUT2D eigenvalue weighted by Gasteiger charge is -2.36. The van der Waals surface area contributed by atoms with E-state index in [1.54, 1.807) is 7.11 Å². The number of imidazole rings is 1. The average Bonchev–Trinajstić information content (AvgIpc) is 2.79. The third-order valence-corrected chi connectivity index (χ3v) is 4.33. The number of aryl methyl sites for hydroxylation is 1. The number of methoxy groups -OCH3 is 1. The van der Waals surface area contributed by atoms with Gasteiger partial charge in [0.2, 0.25) is 0 Å². The summed E-state index contributed by atoms with van der Waals surface area (Å²) in [4.78, 5) is 4.79. The first kappa shape index (κ1) is 14.7. The van der Waals surface area contributed by atoms with Crippen LogP contribution in [0.25, 0.3) is 11.0 Å². The second kappa shape index (κ2) is 6.24. The highest BCUT2D eigenvalue weighted by atomic mass is 35.5. The fourth-order valence-corrected chi connectivity index (χ4v) is 3.19. The molecule has 5 heteroatoms. The minimum atomic E-state index is 0.367. The van der Waals surface area contributed by atoms with Crippen molar-refractivity contribution in [1.29, 1.82) is 0 Å². The highest BCUT2D eigenvalue weighted by molar-refractivity contribution is 6.17. The number of fused-ring (bicyclic) bond motifs is 1. The summed E-state index contributed by atoms with van der Waals surface area (Å²) >= 11 is 5.95. The van der Waals surface area contributed by atoms with Crippen LogP contribution in [0.3, 0.4) is 0 Å². The molecule has 0 unspecified atom stereocenters. The van der Waals surface area contributed by atoms with E-state index in [1.165, 1.54) is 0 Å². The van der Waals surface area contributed by atoms with Crippen LogP contribution >= 0.6 is 11.6 Å². The summed E-state index contributed by atoms with van der Waals surface area (Å²) in [5.74, 6) is 2.48. The molecule has 4 nitrogen and oxygen atoms in total. The molecule has 1 aromatic heterocycles. The fourth-order valence-electron chi connectivity index (χ4n) is 3.02. The first-order valence-electron chi connectivity index (χ1n) is 7.49. The highest BCUT2D eigenvalue weighted by Gasteiger charge is 2.33. The molecule has 0 aliphatic heterocycles. The first-order valence-corrected chi connectivity index (χ1v) is 8.03. The molecule has 1 aliphatic rings. The zero-order valence-electron chi connectivity index (χ0n) is 12.5. The zero-order valence-corrected chi connectivity index (χ0v) is 13.3. The monoisotopic (exact) mass is 308 g/mol. The Kier molecular flexibility index (Phi) is 4.36. The Bertz CT molecular complexity index is 620. The highest BCUT2D eigenvalue weighted by Crippen LogP contribution is 2.39. The van der Waals surface area contributed by atoms with E-state index in [9.17, 15) is 0 Å². The van der Waals surface area contributed by atoms with E-state index in [4.69, 9.17) is 26.1 Å². The van der Waals surface area contributed by atoms with Crippen molar-refractivity contribution in [2.24, 2.45) is 0 Å². The molecular formula is C16H21ClN2O2. The number of nitrogens with zero attached hydrogens (tertiary/aromatic N) is 2. The van der Waals surface area contributed by atoms with E-state index in [2.05, 4.69) is 10.6 Å². The minimum Gasteiger partial charge on any atom is -0.492 e. The molecule has 0 amide bonds. The molecule has 1 aliphatic carbocycles. The van der Waals surface area contributed by atoms with Gasteiger partial charge in [-0.15, -0.1) is 11.6 Å². The van der Waals surface area contributed by atoms with E-state index >= 15 is 0 Å². The summed E-state index contributed by atoms with van der Waals surface area (Å²) < 4.78 is 13.4. The van der Waals surface area contributed by atoms with E-state index < -0.39 is 0 Å². The molecule has 0 radical (unpaired) electrons. The number of alkyl halides is 1. The number of ether oxygens (including phenoxy) is 2. The number of halogens is 1. The van der Waals surface area contributed by atoms with Gasteiger partial charge in [-0.3, -0.25) is 0 Å². The van der Waals surface area contributed by atoms with Crippen LogP contribution in [0.5, 0.6) is 5.75 Å². The summed E-state index contributed by atoms with van der Waals surface area (Å²) in [6.07, 6.45) is 3.22. The van der Waals surface area contributed by atoms with Crippen molar-refractivity contribution in [2.75, 3.05) is 19.6 Å². The van der Waals surface area contributed by atoms with Crippen LogP contribution in [0.2, 0.25) is 0 Å². The predicted molar refractivity (Wildman–Crippen MR) is 84.4 cm³/mol. The van der Waals surface area contributed by atoms with Gasteiger partial charge in [0, 0.05) is 25.5 Å². The van der Waals surface area contributed by atoms with E-state index in [0.29, 0.717) is 24.6 Å². The molecule has 3 rings (SSSR count). The molecule has 1 aromatic carbocycles. The predicted octanol–water partition coefficient (Wildman–Crippen LogP) is 3.57. The molecule has 0 atom stereocenters. The summed E-state index contributed by atoms with van der Waals surface area (Å²) in [5, 5.41) is 0. The summed E-state index contributed by atoms with van der Waals surface area (Å²) in [6.45, 7) is 2.64. The number of rotatable bonds is 6. The summed E-state index contributed by atoms with van der Waals surface area (Å²) in [5.41, 5.74) is 2.08. The molecule has 21 heavy (non-hydrogen) atoms. The lowest BCUT2D eigenvalue weighted by molar-refractivity contribution is 0.00664. The average molecular weight is 309 g/mol. The van der Waals surface area contributed by atoms with Crippen molar-refractivity contribution in [3.8, 4) is 5.75 Å². The Hall–Kier alpha value is -1.26. The van der Waals surface area contributed by atoms with Gasteiger partial charge in [-0.2, -0.15) is 0 Å². The lowest BCUT2D eigenvalue weighted by atomic mass is 9.88. The molecule has 114 valence electrons. The maximum atomic E-state index is 5.95. The normalized spacial score (nSPS) is 21.5. The molecule has 0 saturated heterocycles. The van der Waals surface area contributed by atoms with Crippen LogP contribution in [0, 0.1) is 0 Å². The van der Waals surface area contributed by atoms with Gasteiger partial charge in [0.25, 0.3) is 0 Å². The molecule has 1 heterocycles. The van der Waals surface area contributed by atoms with Gasteiger partial charge in [0.05, 0.1) is 18.2 Å². The Labute approximate surface area is 130 Å². The third kappa shape index (κ3) is 2.62. The van der Waals surface area contributed by atoms with Crippen molar-refractivity contribution in [2.45, 2.75) is 38.3 Å². The van der Waals surface area contributed by atoms with Gasteiger partial charge in [-0.05, 0) is 31.9 Å². The SMILES string of the molecule is CCOc1cccc2c1nc(CCCl)n2C1CC(OC)C1. The Morgan fingerprint density at radius 2 is 2.19 bits per heavy atom. The number of hydrogen-bond acceptors (Lipinski definition) is 3. The van der Waals surface area contributed by atoms with Crippen LogP contribution in [0.15, 0.2) is 18.2 Å². The maximum absolute atomic E-state index is 5.95. The van der Waals surface area contributed by atoms with E-state index in [1.807, 2.05) is 19.1 Å². The van der Waals surface area contributed by atoms with Gasteiger partial charge in [-0.25, -0.2) is 4.98 Å². The van der Waals surface area contributed by atoms with Gasteiger partial charge < -0.3 is 14.0 Å². The molecular weight excluding hydrogens is 288 g/mol. The van der Waals surface area contributed by atoms with E-state index in [0.717, 1.165) is 41.9 Å². The Morgan fingerprint density at radius 1 is 1.38 bits per heavy atom. The standard InChI is InChI=1S/C16H21ClN2O2/c1-3-21-14-6-4-5-13-16(14)18-15(7-8-17)19(13)11-9-12(10-11)20-2/h4-6,11-12H,3,7-10H2,1-2H3. The van der Waals surface area contributed by atoms with Crippen molar-refractivity contribution < 1.29 is 9.47 Å². The summed E-state index contributed by atoms with van der Waals surface area (Å²) in [6, 6.07) is 6.58. The number of hydrogen-bond donors (Lipinski definition) is 0. The number of para-hydroxylation sites is 1. The quantitative estimate of drug-likeness (QED) is 0.766. The Balaban J connectivity index is 2.03. The van der Waals surface area contributed by atoms with Gasteiger partial charge in [0.15, 0.2) is 0 Å². The molecule has 0 N–H and O–H groups in total. The second-order valence-corrected chi connectivity index (χ2v) is 5.75. The minimum absolute atomic E-state index is 0.367. The van der Waals surface area contributed by atoms with Crippen LogP contribution in [-0.4, -0.2) is 35.3 Å². The zero-order chi connectivity index (χ0) is 14.8. The molecule has 0 spiro atoms. The van der Waals surface area contributed by atoms with Gasteiger partial charge >= 0.3 is 0 Å². The topological polar surface area (TPSA) is 36.3 Å². The Morgan fingerprint density at radius 3 is 2.86 bits per heavy atom. The van der Waals surface area contributed by atoms with Crippen LogP contribution in [-0.2, 0) is 11.2 Å². The molecule has 1 saturated carbocycles. The van der Waals surface area contributed by atoms with Gasteiger partial charge in [0.1, 0.15) is 17.1 Å². The maximum Gasteiger partial charge on any atom is 0.147 e. The number of aromatic nitrogens is 2. The smallest absolute Gasteiger partial charge is 0.147 e.